The Kier molecular flexibility index (Phi) is 4.85. The van der Waals surface area contributed by atoms with E-state index in [1.807, 2.05) is 25.9 Å². The Hall–Kier alpha value is -0.610. The van der Waals surface area contributed by atoms with Crippen molar-refractivity contribution in [3.63, 3.8) is 0 Å². The predicted molar refractivity (Wildman–Crippen MR) is 48.2 cm³/mol. The summed E-state index contributed by atoms with van der Waals surface area (Å²) in [5.74, 6) is -0.805. The largest absolute Gasteiger partial charge is 0.480 e. The molecule has 2 unspecified atom stereocenters. The van der Waals surface area contributed by atoms with Gasteiger partial charge in [0, 0.05) is 12.6 Å². The molecule has 0 fully saturated rings. The highest BCUT2D eigenvalue weighted by Gasteiger charge is 2.13. The number of hydrogen-bond donors (Lipinski definition) is 2. The molecule has 0 heterocycles. The highest BCUT2D eigenvalue weighted by Crippen LogP contribution is 1.89. The van der Waals surface area contributed by atoms with Gasteiger partial charge in [-0.25, -0.2) is 0 Å². The predicted octanol–water partition coefficient (Wildman–Crippen LogP) is -0.000800. The molecule has 4 heteroatoms. The number of nitrogens with zero attached hydrogens (tertiary/aromatic N) is 1. The average molecular weight is 174 g/mol. The third kappa shape index (κ3) is 5.09. The molecule has 0 rings (SSSR count). The van der Waals surface area contributed by atoms with Crippen molar-refractivity contribution in [2.75, 3.05) is 20.6 Å². The van der Waals surface area contributed by atoms with Crippen LogP contribution in [0.2, 0.25) is 0 Å². The smallest absolute Gasteiger partial charge is 0.320 e. The first-order valence-corrected chi connectivity index (χ1v) is 4.07. The summed E-state index contributed by atoms with van der Waals surface area (Å²) in [5, 5.41) is 11.6. The van der Waals surface area contributed by atoms with Crippen LogP contribution in [0, 0.1) is 0 Å². The maximum atomic E-state index is 10.4. The zero-order valence-corrected chi connectivity index (χ0v) is 8.16. The van der Waals surface area contributed by atoms with Crippen LogP contribution in [0.3, 0.4) is 0 Å². The lowest BCUT2D eigenvalue weighted by atomic mass is 10.2. The minimum atomic E-state index is -0.805. The topological polar surface area (TPSA) is 52.6 Å². The highest BCUT2D eigenvalue weighted by atomic mass is 16.4. The minimum absolute atomic E-state index is 0.200. The van der Waals surface area contributed by atoms with Gasteiger partial charge in [-0.1, -0.05) is 0 Å². The molecule has 0 aromatic carbocycles. The first-order chi connectivity index (χ1) is 5.43. The van der Waals surface area contributed by atoms with E-state index >= 15 is 0 Å². The van der Waals surface area contributed by atoms with Crippen LogP contribution in [0.25, 0.3) is 0 Å². The van der Waals surface area contributed by atoms with Crippen LogP contribution in [-0.2, 0) is 4.79 Å². The number of likely N-dealkylation sites (N-methyl/N-ethyl adjacent to an activating group) is 1. The normalized spacial score (nSPS) is 16.1. The molecule has 2 N–H and O–H groups in total. The Labute approximate surface area is 73.6 Å². The molecule has 2 atom stereocenters. The maximum Gasteiger partial charge on any atom is 0.320 e. The molecule has 0 amide bonds. The van der Waals surface area contributed by atoms with E-state index in [1.165, 1.54) is 0 Å². The molecule has 0 radical (unpaired) electrons. The van der Waals surface area contributed by atoms with Crippen LogP contribution in [0.4, 0.5) is 0 Å². The first kappa shape index (κ1) is 11.4. The third-order valence-electron chi connectivity index (χ3n) is 1.54. The fourth-order valence-electron chi connectivity index (χ4n) is 1.10. The summed E-state index contributed by atoms with van der Waals surface area (Å²) in [6, 6.07) is -0.272. The van der Waals surface area contributed by atoms with Gasteiger partial charge < -0.3 is 15.3 Å². The molecule has 0 spiro atoms. The van der Waals surface area contributed by atoms with Gasteiger partial charge in [-0.3, -0.25) is 4.79 Å². The van der Waals surface area contributed by atoms with Crippen molar-refractivity contribution >= 4 is 5.97 Å². The molecule has 0 saturated heterocycles. The number of carboxylic acid groups (broad SMARTS) is 1. The molecule has 0 aliphatic heterocycles. The summed E-state index contributed by atoms with van der Waals surface area (Å²) < 4.78 is 0. The van der Waals surface area contributed by atoms with Crippen molar-refractivity contribution in [1.29, 1.82) is 0 Å². The average Bonchev–Trinajstić information content (AvgIpc) is 1.84. The summed E-state index contributed by atoms with van der Waals surface area (Å²) in [6.07, 6.45) is 0. The lowest BCUT2D eigenvalue weighted by Gasteiger charge is -2.20. The zero-order valence-electron chi connectivity index (χ0n) is 8.16. The Morgan fingerprint density at radius 2 is 2.00 bits per heavy atom. The Morgan fingerprint density at radius 1 is 1.50 bits per heavy atom. The van der Waals surface area contributed by atoms with Gasteiger partial charge >= 0.3 is 5.97 Å². The SMILES string of the molecule is CC(CN(C)C)NC(C)C(=O)O. The number of carbonyl (C=O) groups is 1. The van der Waals surface area contributed by atoms with Crippen LogP contribution >= 0.6 is 0 Å². The molecule has 4 nitrogen and oxygen atoms in total. The quantitative estimate of drug-likeness (QED) is 0.616. The lowest BCUT2D eigenvalue weighted by Crippen LogP contribution is -2.44. The van der Waals surface area contributed by atoms with Crippen molar-refractivity contribution in [1.82, 2.24) is 10.2 Å². The van der Waals surface area contributed by atoms with Crippen LogP contribution in [-0.4, -0.2) is 48.7 Å². The molecule has 72 valence electrons. The summed E-state index contributed by atoms with van der Waals surface area (Å²) in [5.41, 5.74) is 0. The Morgan fingerprint density at radius 3 is 2.33 bits per heavy atom. The highest BCUT2D eigenvalue weighted by molar-refractivity contribution is 5.72. The van der Waals surface area contributed by atoms with E-state index in [0.717, 1.165) is 6.54 Å². The Bertz CT molecular complexity index is 148. The van der Waals surface area contributed by atoms with E-state index in [1.54, 1.807) is 6.92 Å². The summed E-state index contributed by atoms with van der Waals surface area (Å²) >= 11 is 0. The summed E-state index contributed by atoms with van der Waals surface area (Å²) in [4.78, 5) is 12.5. The maximum absolute atomic E-state index is 10.4. The van der Waals surface area contributed by atoms with Crippen LogP contribution < -0.4 is 5.32 Å². The second-order valence-corrected chi connectivity index (χ2v) is 3.39. The molecular weight excluding hydrogens is 156 g/mol. The molecule has 0 bridgehead atoms. The third-order valence-corrected chi connectivity index (χ3v) is 1.54. The number of carboxylic acids is 1. The van der Waals surface area contributed by atoms with Crippen LogP contribution in [0.1, 0.15) is 13.8 Å². The van der Waals surface area contributed by atoms with Crippen LogP contribution in [0.5, 0.6) is 0 Å². The van der Waals surface area contributed by atoms with Gasteiger partial charge in [0.2, 0.25) is 0 Å². The van der Waals surface area contributed by atoms with Gasteiger partial charge in [0.05, 0.1) is 0 Å². The molecule has 0 aromatic rings. The van der Waals surface area contributed by atoms with Crippen molar-refractivity contribution in [3.8, 4) is 0 Å². The second-order valence-electron chi connectivity index (χ2n) is 3.39. The van der Waals surface area contributed by atoms with Gasteiger partial charge in [0.25, 0.3) is 0 Å². The molecular formula is C8H18N2O2. The van der Waals surface area contributed by atoms with Gasteiger partial charge in [-0.15, -0.1) is 0 Å². The van der Waals surface area contributed by atoms with E-state index in [9.17, 15) is 4.79 Å². The molecule has 12 heavy (non-hydrogen) atoms. The Balaban J connectivity index is 3.68. The van der Waals surface area contributed by atoms with Crippen molar-refractivity contribution in [2.24, 2.45) is 0 Å². The number of hydrogen-bond acceptors (Lipinski definition) is 3. The van der Waals surface area contributed by atoms with Crippen molar-refractivity contribution in [2.45, 2.75) is 25.9 Å². The van der Waals surface area contributed by atoms with Gasteiger partial charge in [0.15, 0.2) is 0 Å². The van der Waals surface area contributed by atoms with E-state index in [-0.39, 0.29) is 6.04 Å². The fraction of sp³-hybridized carbons (Fsp3) is 0.875. The minimum Gasteiger partial charge on any atom is -0.480 e. The standard InChI is InChI=1S/C8H18N2O2/c1-6(5-10(3)4)9-7(2)8(11)12/h6-7,9H,5H2,1-4H3,(H,11,12). The summed E-state index contributed by atoms with van der Waals surface area (Å²) in [7, 11) is 3.92. The van der Waals surface area contributed by atoms with E-state index in [0.29, 0.717) is 0 Å². The lowest BCUT2D eigenvalue weighted by molar-refractivity contribution is -0.139. The van der Waals surface area contributed by atoms with Crippen molar-refractivity contribution < 1.29 is 9.90 Å². The van der Waals surface area contributed by atoms with Gasteiger partial charge in [-0.2, -0.15) is 0 Å². The summed E-state index contributed by atoms with van der Waals surface area (Å²) in [6.45, 7) is 4.46. The first-order valence-electron chi connectivity index (χ1n) is 4.07. The van der Waals surface area contributed by atoms with Gasteiger partial charge in [0.1, 0.15) is 6.04 Å². The van der Waals surface area contributed by atoms with E-state index in [2.05, 4.69) is 5.32 Å². The number of rotatable bonds is 5. The van der Waals surface area contributed by atoms with E-state index in [4.69, 9.17) is 5.11 Å². The molecule has 0 saturated carbocycles. The zero-order chi connectivity index (χ0) is 9.72. The fourth-order valence-corrected chi connectivity index (χ4v) is 1.10. The monoisotopic (exact) mass is 174 g/mol. The van der Waals surface area contributed by atoms with E-state index < -0.39 is 12.0 Å². The van der Waals surface area contributed by atoms with Gasteiger partial charge in [-0.05, 0) is 27.9 Å². The number of nitrogens with one attached hydrogen (secondary N) is 1. The number of aliphatic carboxylic acids is 1. The molecule has 0 aliphatic rings. The van der Waals surface area contributed by atoms with Crippen molar-refractivity contribution in [3.05, 3.63) is 0 Å². The molecule has 0 aliphatic carbocycles. The molecule has 0 aromatic heterocycles. The second kappa shape index (κ2) is 5.11. The van der Waals surface area contributed by atoms with Crippen LogP contribution in [0.15, 0.2) is 0 Å².